The molecule has 1 heterocycles. The highest BCUT2D eigenvalue weighted by atomic mass is 16.7. The predicted molar refractivity (Wildman–Crippen MR) is 53.5 cm³/mol. The van der Waals surface area contributed by atoms with E-state index in [2.05, 4.69) is 19.6 Å². The summed E-state index contributed by atoms with van der Waals surface area (Å²) < 4.78 is 10.9. The molecule has 0 amide bonds. The normalized spacial score (nSPS) is 22.5. The number of ether oxygens (including phenoxy) is 2. The van der Waals surface area contributed by atoms with Crippen molar-refractivity contribution in [1.82, 2.24) is 0 Å². The van der Waals surface area contributed by atoms with E-state index in [4.69, 9.17) is 9.47 Å². The highest BCUT2D eigenvalue weighted by Crippen LogP contribution is 2.13. The molecule has 1 rings (SSSR count). The first-order valence-corrected chi connectivity index (χ1v) is 4.84. The zero-order valence-electron chi connectivity index (χ0n) is 8.29. The molecule has 0 N–H and O–H groups in total. The van der Waals surface area contributed by atoms with Gasteiger partial charge in [-0.15, -0.1) is 6.58 Å². The monoisotopic (exact) mass is 182 g/mol. The maximum atomic E-state index is 5.51. The molecule has 0 radical (unpaired) electrons. The van der Waals surface area contributed by atoms with Crippen LogP contribution in [0, 0.1) is 0 Å². The molecular weight excluding hydrogens is 164 g/mol. The first-order chi connectivity index (χ1) is 6.33. The van der Waals surface area contributed by atoms with Crippen LogP contribution in [0.2, 0.25) is 0 Å². The first kappa shape index (κ1) is 10.5. The van der Waals surface area contributed by atoms with Gasteiger partial charge in [0.25, 0.3) is 0 Å². The summed E-state index contributed by atoms with van der Waals surface area (Å²) in [5, 5.41) is 0. The van der Waals surface area contributed by atoms with Crippen LogP contribution in [0.4, 0.5) is 0 Å². The number of hydrogen-bond donors (Lipinski definition) is 0. The average Bonchev–Trinajstić information content (AvgIpc) is 2.13. The zero-order valence-corrected chi connectivity index (χ0v) is 8.29. The summed E-state index contributed by atoms with van der Waals surface area (Å²) in [5.41, 5.74) is 1.36. The van der Waals surface area contributed by atoms with Gasteiger partial charge < -0.3 is 9.47 Å². The fraction of sp³-hybridized carbons (Fsp3) is 0.636. The van der Waals surface area contributed by atoms with Crippen molar-refractivity contribution in [3.8, 4) is 0 Å². The van der Waals surface area contributed by atoms with Crippen molar-refractivity contribution in [2.75, 3.05) is 13.2 Å². The first-order valence-electron chi connectivity index (χ1n) is 4.84. The van der Waals surface area contributed by atoms with E-state index in [0.29, 0.717) is 0 Å². The van der Waals surface area contributed by atoms with Gasteiger partial charge in [0.05, 0.1) is 13.2 Å². The van der Waals surface area contributed by atoms with E-state index in [1.54, 1.807) is 0 Å². The summed E-state index contributed by atoms with van der Waals surface area (Å²) in [5.74, 6) is 0. The minimum Gasteiger partial charge on any atom is -0.349 e. The molecule has 0 aliphatic carbocycles. The van der Waals surface area contributed by atoms with Gasteiger partial charge in [-0.05, 0) is 32.3 Å². The Bertz CT molecular complexity index is 185. The Morgan fingerprint density at radius 2 is 2.62 bits per heavy atom. The van der Waals surface area contributed by atoms with Crippen molar-refractivity contribution < 1.29 is 9.47 Å². The van der Waals surface area contributed by atoms with Crippen molar-refractivity contribution in [3.63, 3.8) is 0 Å². The van der Waals surface area contributed by atoms with Gasteiger partial charge in [-0.25, -0.2) is 0 Å². The van der Waals surface area contributed by atoms with Crippen LogP contribution < -0.4 is 0 Å². The van der Waals surface area contributed by atoms with Crippen molar-refractivity contribution in [1.29, 1.82) is 0 Å². The Balaban J connectivity index is 2.13. The van der Waals surface area contributed by atoms with Crippen LogP contribution in [0.1, 0.15) is 26.2 Å². The van der Waals surface area contributed by atoms with Crippen molar-refractivity contribution >= 4 is 0 Å². The lowest BCUT2D eigenvalue weighted by Crippen LogP contribution is -2.20. The van der Waals surface area contributed by atoms with E-state index in [9.17, 15) is 0 Å². The van der Waals surface area contributed by atoms with Crippen LogP contribution in [0.5, 0.6) is 0 Å². The lowest BCUT2D eigenvalue weighted by atomic mass is 10.2. The summed E-state index contributed by atoms with van der Waals surface area (Å²) in [6, 6.07) is 0. The second kappa shape index (κ2) is 5.95. The fourth-order valence-electron chi connectivity index (χ4n) is 1.22. The van der Waals surface area contributed by atoms with Crippen molar-refractivity contribution in [3.05, 3.63) is 24.3 Å². The Hall–Kier alpha value is -0.600. The van der Waals surface area contributed by atoms with Gasteiger partial charge in [-0.2, -0.15) is 0 Å². The van der Waals surface area contributed by atoms with Gasteiger partial charge in [0.15, 0.2) is 6.29 Å². The number of unbranched alkanes of at least 4 members (excludes halogenated alkanes) is 1. The predicted octanol–water partition coefficient (Wildman–Crippen LogP) is 2.66. The minimum atomic E-state index is -0.112. The van der Waals surface area contributed by atoms with Gasteiger partial charge in [0.1, 0.15) is 0 Å². The molecular formula is C11H18O2. The maximum Gasteiger partial charge on any atom is 0.177 e. The van der Waals surface area contributed by atoms with Crippen LogP contribution in [-0.4, -0.2) is 19.5 Å². The minimum absolute atomic E-state index is 0.112. The molecule has 2 heteroatoms. The topological polar surface area (TPSA) is 18.5 Å². The third-order valence-electron chi connectivity index (χ3n) is 2.03. The summed E-state index contributed by atoms with van der Waals surface area (Å²) in [6.45, 7) is 7.31. The molecule has 74 valence electrons. The fourth-order valence-corrected chi connectivity index (χ4v) is 1.22. The van der Waals surface area contributed by atoms with E-state index in [-0.39, 0.29) is 6.29 Å². The van der Waals surface area contributed by atoms with Crippen LogP contribution in [0.25, 0.3) is 0 Å². The highest BCUT2D eigenvalue weighted by Gasteiger charge is 2.10. The Morgan fingerprint density at radius 1 is 1.77 bits per heavy atom. The smallest absolute Gasteiger partial charge is 0.177 e. The second-order valence-electron chi connectivity index (χ2n) is 3.30. The van der Waals surface area contributed by atoms with Crippen molar-refractivity contribution in [2.45, 2.75) is 32.5 Å². The van der Waals surface area contributed by atoms with E-state index < -0.39 is 0 Å². The molecule has 0 aromatic carbocycles. The highest BCUT2D eigenvalue weighted by molar-refractivity contribution is 5.02. The number of hydrogen-bond acceptors (Lipinski definition) is 2. The molecule has 1 atom stereocenters. The zero-order chi connectivity index (χ0) is 9.52. The van der Waals surface area contributed by atoms with Crippen molar-refractivity contribution in [2.24, 2.45) is 0 Å². The molecule has 0 saturated carbocycles. The van der Waals surface area contributed by atoms with Crippen LogP contribution in [-0.2, 0) is 9.47 Å². The molecule has 0 spiro atoms. The molecule has 13 heavy (non-hydrogen) atoms. The number of rotatable bonds is 5. The molecule has 0 fully saturated rings. The quantitative estimate of drug-likeness (QED) is 0.480. The Labute approximate surface area is 80.2 Å². The molecule has 1 aliphatic rings. The van der Waals surface area contributed by atoms with Gasteiger partial charge in [0.2, 0.25) is 0 Å². The van der Waals surface area contributed by atoms with Crippen LogP contribution in [0.3, 0.4) is 0 Å². The molecule has 1 aliphatic heterocycles. The van der Waals surface area contributed by atoms with E-state index in [1.165, 1.54) is 5.57 Å². The lowest BCUT2D eigenvalue weighted by Gasteiger charge is -2.20. The summed E-state index contributed by atoms with van der Waals surface area (Å²) in [6.07, 6.45) is 6.92. The molecule has 0 aromatic rings. The third-order valence-corrected chi connectivity index (χ3v) is 2.03. The lowest BCUT2D eigenvalue weighted by molar-refractivity contribution is -0.117. The Kier molecular flexibility index (Phi) is 4.79. The molecule has 2 nitrogen and oxygen atoms in total. The Morgan fingerprint density at radius 3 is 3.31 bits per heavy atom. The molecule has 0 aromatic heterocycles. The van der Waals surface area contributed by atoms with Gasteiger partial charge in [-0.3, -0.25) is 0 Å². The average molecular weight is 182 g/mol. The van der Waals surface area contributed by atoms with Gasteiger partial charge >= 0.3 is 0 Å². The largest absolute Gasteiger partial charge is 0.349 e. The van der Waals surface area contributed by atoms with Crippen LogP contribution >= 0.6 is 0 Å². The summed E-state index contributed by atoms with van der Waals surface area (Å²) >= 11 is 0. The molecule has 0 saturated heterocycles. The summed E-state index contributed by atoms with van der Waals surface area (Å²) in [4.78, 5) is 0. The van der Waals surface area contributed by atoms with E-state index >= 15 is 0 Å². The third kappa shape index (κ3) is 4.25. The molecule has 1 unspecified atom stereocenters. The standard InChI is InChI=1S/C11H18O2/c1-3-4-5-7-12-11-9-10(2)6-8-13-11/h3,9,11H,1,4-8H2,2H3. The second-order valence-corrected chi connectivity index (χ2v) is 3.30. The van der Waals surface area contributed by atoms with E-state index in [0.717, 1.165) is 32.5 Å². The SMILES string of the molecule is C=CCCCOC1C=C(C)CCO1. The van der Waals surface area contributed by atoms with E-state index in [1.807, 2.05) is 6.08 Å². The molecule has 0 bridgehead atoms. The summed E-state index contributed by atoms with van der Waals surface area (Å²) in [7, 11) is 0. The van der Waals surface area contributed by atoms with Gasteiger partial charge in [-0.1, -0.05) is 11.6 Å². The maximum absolute atomic E-state index is 5.51. The number of allylic oxidation sites excluding steroid dienone is 1. The van der Waals surface area contributed by atoms with Gasteiger partial charge in [0, 0.05) is 0 Å². The van der Waals surface area contributed by atoms with Crippen LogP contribution in [0.15, 0.2) is 24.3 Å².